The van der Waals surface area contributed by atoms with Gasteiger partial charge >= 0.3 is 0 Å². The van der Waals surface area contributed by atoms with E-state index in [1.165, 1.54) is 16.0 Å². The van der Waals surface area contributed by atoms with Crippen LogP contribution in [0.5, 0.6) is 0 Å². The third-order valence-electron chi connectivity index (χ3n) is 3.22. The molecule has 1 radical (unpaired) electrons. The molecule has 0 aliphatic carbocycles. The van der Waals surface area contributed by atoms with Crippen LogP contribution in [0.4, 0.5) is 0 Å². The highest BCUT2D eigenvalue weighted by Gasteiger charge is 2.10. The maximum Gasteiger partial charge on any atom is 0.0594 e. The van der Waals surface area contributed by atoms with Gasteiger partial charge in [-0.2, -0.15) is 0 Å². The van der Waals surface area contributed by atoms with E-state index < -0.39 is 0 Å². The summed E-state index contributed by atoms with van der Waals surface area (Å²) >= 11 is 1.67. The summed E-state index contributed by atoms with van der Waals surface area (Å²) in [7, 11) is 0. The second kappa shape index (κ2) is 5.65. The van der Waals surface area contributed by atoms with Crippen molar-refractivity contribution in [2.24, 2.45) is 0 Å². The monoisotopic (exact) mass is 258 g/mol. The molecule has 0 atom stereocenters. The first-order chi connectivity index (χ1) is 8.92. The van der Waals surface area contributed by atoms with Gasteiger partial charge in [-0.25, -0.2) is 0 Å². The molecule has 2 aromatic rings. The quantitative estimate of drug-likeness (QED) is 0.839. The highest BCUT2D eigenvalue weighted by atomic mass is 32.1. The Bertz CT molecular complexity index is 472. The highest BCUT2D eigenvalue weighted by molar-refractivity contribution is 7.13. The Morgan fingerprint density at radius 2 is 1.89 bits per heavy atom. The summed E-state index contributed by atoms with van der Waals surface area (Å²) < 4.78 is 5.36. The van der Waals surface area contributed by atoms with E-state index in [1.807, 2.05) is 6.07 Å². The molecule has 0 spiro atoms. The highest BCUT2D eigenvalue weighted by Crippen LogP contribution is 2.24. The van der Waals surface area contributed by atoms with Gasteiger partial charge in [-0.05, 0) is 23.3 Å². The van der Waals surface area contributed by atoms with E-state index in [0.29, 0.717) is 0 Å². The number of thiophene rings is 1. The number of nitrogens with zero attached hydrogens (tertiary/aromatic N) is 1. The number of hydrogen-bond acceptors (Lipinski definition) is 3. The maximum atomic E-state index is 5.36. The van der Waals surface area contributed by atoms with Crippen LogP contribution in [0.3, 0.4) is 0 Å². The third-order valence-corrected chi connectivity index (χ3v) is 4.07. The molecule has 0 saturated carbocycles. The SMILES string of the molecule is [c]1ccc(-c2ccc(CN3CCOCC3)cc2)s1. The van der Waals surface area contributed by atoms with Crippen molar-refractivity contribution in [3.05, 3.63) is 47.3 Å². The Balaban J connectivity index is 1.67. The Morgan fingerprint density at radius 1 is 1.11 bits per heavy atom. The van der Waals surface area contributed by atoms with Gasteiger partial charge in [0, 0.05) is 29.9 Å². The second-order valence-electron chi connectivity index (χ2n) is 4.50. The van der Waals surface area contributed by atoms with Gasteiger partial charge in [0.1, 0.15) is 0 Å². The zero-order chi connectivity index (χ0) is 12.2. The van der Waals surface area contributed by atoms with Crippen LogP contribution in [-0.2, 0) is 11.3 Å². The predicted octanol–water partition coefficient (Wildman–Crippen LogP) is 3.05. The Hall–Kier alpha value is -1.16. The zero-order valence-electron chi connectivity index (χ0n) is 10.3. The minimum atomic E-state index is 0.864. The van der Waals surface area contributed by atoms with Gasteiger partial charge in [-0.15, -0.1) is 11.3 Å². The molecule has 2 nitrogen and oxygen atoms in total. The summed E-state index contributed by atoms with van der Waals surface area (Å²) in [5.74, 6) is 0. The Labute approximate surface area is 112 Å². The molecule has 0 amide bonds. The summed E-state index contributed by atoms with van der Waals surface area (Å²) in [4.78, 5) is 3.73. The number of benzene rings is 1. The first kappa shape index (κ1) is 11.9. The molecular weight excluding hydrogens is 242 g/mol. The van der Waals surface area contributed by atoms with Crippen molar-refractivity contribution in [2.45, 2.75) is 6.54 Å². The van der Waals surface area contributed by atoms with Crippen molar-refractivity contribution < 1.29 is 4.74 Å². The van der Waals surface area contributed by atoms with Crippen LogP contribution in [-0.4, -0.2) is 31.2 Å². The Morgan fingerprint density at radius 3 is 2.56 bits per heavy atom. The molecule has 1 aliphatic heterocycles. The molecule has 1 aromatic heterocycles. The Kier molecular flexibility index (Phi) is 3.74. The van der Waals surface area contributed by atoms with E-state index in [0.717, 1.165) is 32.8 Å². The summed E-state index contributed by atoms with van der Waals surface area (Å²) in [5.41, 5.74) is 2.66. The van der Waals surface area contributed by atoms with Gasteiger partial charge in [-0.1, -0.05) is 24.3 Å². The molecule has 18 heavy (non-hydrogen) atoms. The molecule has 1 aliphatic rings. The van der Waals surface area contributed by atoms with Crippen LogP contribution in [0.25, 0.3) is 10.4 Å². The maximum absolute atomic E-state index is 5.36. The van der Waals surface area contributed by atoms with Crippen molar-refractivity contribution >= 4 is 11.3 Å². The molecular formula is C15H16NOS. The van der Waals surface area contributed by atoms with E-state index in [4.69, 9.17) is 4.74 Å². The average molecular weight is 258 g/mol. The van der Waals surface area contributed by atoms with Crippen molar-refractivity contribution in [3.63, 3.8) is 0 Å². The van der Waals surface area contributed by atoms with Crippen LogP contribution < -0.4 is 0 Å². The number of rotatable bonds is 3. The fraction of sp³-hybridized carbons (Fsp3) is 0.333. The van der Waals surface area contributed by atoms with Gasteiger partial charge < -0.3 is 4.74 Å². The number of morpholine rings is 1. The largest absolute Gasteiger partial charge is 0.379 e. The van der Waals surface area contributed by atoms with Crippen LogP contribution in [0.15, 0.2) is 36.4 Å². The molecule has 1 fully saturated rings. The molecule has 1 aromatic carbocycles. The van der Waals surface area contributed by atoms with Crippen LogP contribution in [0.1, 0.15) is 5.56 Å². The van der Waals surface area contributed by atoms with Gasteiger partial charge in [0.05, 0.1) is 13.2 Å². The number of hydrogen-bond donors (Lipinski definition) is 0. The van der Waals surface area contributed by atoms with Crippen molar-refractivity contribution in [2.75, 3.05) is 26.3 Å². The first-order valence-corrected chi connectivity index (χ1v) is 7.09. The summed E-state index contributed by atoms with van der Waals surface area (Å²) in [5, 5.41) is 3.13. The van der Waals surface area contributed by atoms with Gasteiger partial charge in [0.25, 0.3) is 0 Å². The van der Waals surface area contributed by atoms with E-state index in [2.05, 4.69) is 40.6 Å². The van der Waals surface area contributed by atoms with Crippen LogP contribution >= 0.6 is 11.3 Å². The normalized spacial score (nSPS) is 16.9. The van der Waals surface area contributed by atoms with Crippen molar-refractivity contribution in [1.82, 2.24) is 4.90 Å². The van der Waals surface area contributed by atoms with Crippen molar-refractivity contribution in [3.8, 4) is 10.4 Å². The van der Waals surface area contributed by atoms with Crippen LogP contribution in [0, 0.1) is 5.38 Å². The lowest BCUT2D eigenvalue weighted by Gasteiger charge is -2.26. The zero-order valence-corrected chi connectivity index (χ0v) is 11.1. The molecule has 1 saturated heterocycles. The second-order valence-corrected chi connectivity index (χ2v) is 5.38. The summed E-state index contributed by atoms with van der Waals surface area (Å²) in [6, 6.07) is 12.9. The fourth-order valence-corrected chi connectivity index (χ4v) is 2.84. The van der Waals surface area contributed by atoms with E-state index >= 15 is 0 Å². The molecule has 3 heteroatoms. The minimum Gasteiger partial charge on any atom is -0.379 e. The lowest BCUT2D eigenvalue weighted by molar-refractivity contribution is 0.0342. The van der Waals surface area contributed by atoms with Gasteiger partial charge in [0.2, 0.25) is 0 Å². The minimum absolute atomic E-state index is 0.864. The smallest absolute Gasteiger partial charge is 0.0594 e. The number of ether oxygens (including phenoxy) is 1. The van der Waals surface area contributed by atoms with E-state index in [-0.39, 0.29) is 0 Å². The van der Waals surface area contributed by atoms with Crippen LogP contribution in [0.2, 0.25) is 0 Å². The molecule has 0 unspecified atom stereocenters. The molecule has 2 heterocycles. The standard InChI is InChI=1S/C15H16NOS/c1-2-15(18-11-1)14-5-3-13(4-6-14)12-16-7-9-17-10-8-16/h1-6H,7-10,12H2. The predicted molar refractivity (Wildman–Crippen MR) is 74.7 cm³/mol. The lowest BCUT2D eigenvalue weighted by Crippen LogP contribution is -2.35. The topological polar surface area (TPSA) is 12.5 Å². The molecule has 0 bridgehead atoms. The van der Waals surface area contributed by atoms with Crippen molar-refractivity contribution in [1.29, 1.82) is 0 Å². The summed E-state index contributed by atoms with van der Waals surface area (Å²) in [6.07, 6.45) is 0. The fourth-order valence-electron chi connectivity index (χ4n) is 2.19. The van der Waals surface area contributed by atoms with E-state index in [1.54, 1.807) is 11.3 Å². The average Bonchev–Trinajstić information content (AvgIpc) is 2.95. The molecule has 93 valence electrons. The first-order valence-electron chi connectivity index (χ1n) is 6.27. The van der Waals surface area contributed by atoms with Gasteiger partial charge in [-0.3, -0.25) is 4.90 Å². The third kappa shape index (κ3) is 2.80. The summed E-state index contributed by atoms with van der Waals surface area (Å²) in [6.45, 7) is 4.84. The molecule has 3 rings (SSSR count). The van der Waals surface area contributed by atoms with E-state index in [9.17, 15) is 0 Å². The van der Waals surface area contributed by atoms with Gasteiger partial charge in [0.15, 0.2) is 0 Å². The lowest BCUT2D eigenvalue weighted by atomic mass is 10.1. The molecule has 0 N–H and O–H groups in total.